The van der Waals surface area contributed by atoms with E-state index in [1.165, 1.54) is 0 Å². The maximum absolute atomic E-state index is 10.6. The number of halogens is 1. The molecule has 0 unspecified atom stereocenters. The molecule has 1 saturated heterocycles. The van der Waals surface area contributed by atoms with Gasteiger partial charge in [-0.05, 0) is 22.0 Å². The molecule has 0 bridgehead atoms. The molecule has 1 aliphatic rings. The van der Waals surface area contributed by atoms with Crippen LogP contribution in [-0.4, -0.2) is 23.1 Å². The third kappa shape index (κ3) is 2.26. The molecule has 1 aromatic carbocycles. The summed E-state index contributed by atoms with van der Waals surface area (Å²) in [6.45, 7) is 1.00. The van der Waals surface area contributed by atoms with Crippen LogP contribution >= 0.6 is 27.7 Å². The summed E-state index contributed by atoms with van der Waals surface area (Å²) in [4.78, 5) is 12.4. The van der Waals surface area contributed by atoms with E-state index < -0.39 is 0 Å². The minimum absolute atomic E-state index is 0.123. The normalized spacial score (nSPS) is 15.7. The van der Waals surface area contributed by atoms with Crippen LogP contribution in [0.1, 0.15) is 0 Å². The molecule has 0 N–H and O–H groups in total. The zero-order chi connectivity index (χ0) is 10.8. The summed E-state index contributed by atoms with van der Waals surface area (Å²) in [5.74, 6) is 2.07. The Morgan fingerprint density at radius 1 is 1.53 bits per heavy atom. The number of benzene rings is 1. The first-order valence-corrected chi connectivity index (χ1v) is 6.40. The summed E-state index contributed by atoms with van der Waals surface area (Å²) in [7, 11) is 0. The molecule has 0 radical (unpaired) electrons. The molecule has 0 spiro atoms. The van der Waals surface area contributed by atoms with Crippen molar-refractivity contribution in [3.05, 3.63) is 32.8 Å². The third-order valence-corrected chi connectivity index (χ3v) is 3.84. The van der Waals surface area contributed by atoms with Crippen molar-refractivity contribution in [3.8, 4) is 0 Å². The quantitative estimate of drug-likeness (QED) is 0.620. The lowest BCUT2D eigenvalue weighted by molar-refractivity contribution is -0.384. The number of nitro benzene ring substituents is 1. The summed E-state index contributed by atoms with van der Waals surface area (Å²) in [5, 5.41) is 10.6. The van der Waals surface area contributed by atoms with Crippen LogP contribution in [0.3, 0.4) is 0 Å². The molecule has 0 saturated carbocycles. The van der Waals surface area contributed by atoms with Crippen LogP contribution in [0.15, 0.2) is 22.7 Å². The molecule has 0 aliphatic carbocycles. The molecule has 4 nitrogen and oxygen atoms in total. The fourth-order valence-electron chi connectivity index (χ4n) is 1.47. The van der Waals surface area contributed by atoms with Crippen LogP contribution in [0.2, 0.25) is 0 Å². The monoisotopic (exact) mass is 288 g/mol. The highest BCUT2D eigenvalue weighted by Crippen LogP contribution is 2.32. The molecule has 15 heavy (non-hydrogen) atoms. The van der Waals surface area contributed by atoms with E-state index in [-0.39, 0.29) is 10.6 Å². The fraction of sp³-hybridized carbons (Fsp3) is 0.333. The van der Waals surface area contributed by atoms with Gasteiger partial charge in [-0.25, -0.2) is 0 Å². The maximum atomic E-state index is 10.6. The second kappa shape index (κ2) is 4.40. The van der Waals surface area contributed by atoms with Crippen molar-refractivity contribution in [1.82, 2.24) is 0 Å². The van der Waals surface area contributed by atoms with Gasteiger partial charge in [0.05, 0.1) is 16.5 Å². The Labute approximate surface area is 99.9 Å². The van der Waals surface area contributed by atoms with Crippen molar-refractivity contribution in [3.63, 3.8) is 0 Å². The van der Waals surface area contributed by atoms with Crippen molar-refractivity contribution in [1.29, 1.82) is 0 Å². The van der Waals surface area contributed by atoms with E-state index in [1.807, 2.05) is 11.8 Å². The zero-order valence-corrected chi connectivity index (χ0v) is 10.3. The lowest BCUT2D eigenvalue weighted by Gasteiger charge is -2.17. The zero-order valence-electron chi connectivity index (χ0n) is 7.85. The van der Waals surface area contributed by atoms with E-state index in [1.54, 1.807) is 18.2 Å². The van der Waals surface area contributed by atoms with E-state index in [0.717, 1.165) is 28.3 Å². The molecule has 0 atom stereocenters. The van der Waals surface area contributed by atoms with Gasteiger partial charge in [0.25, 0.3) is 5.69 Å². The highest BCUT2D eigenvalue weighted by molar-refractivity contribution is 9.10. The number of thioether (sulfide) groups is 1. The van der Waals surface area contributed by atoms with E-state index in [2.05, 4.69) is 20.8 Å². The molecule has 1 fully saturated rings. The highest BCUT2D eigenvalue weighted by Gasteiger charge is 2.17. The minimum Gasteiger partial charge on any atom is -0.361 e. The molecule has 1 heterocycles. The Morgan fingerprint density at radius 2 is 2.33 bits per heavy atom. The number of anilines is 1. The van der Waals surface area contributed by atoms with Gasteiger partial charge in [-0.2, -0.15) is 0 Å². The van der Waals surface area contributed by atoms with Gasteiger partial charge < -0.3 is 4.90 Å². The number of non-ortho nitro benzene ring substituents is 1. The lowest BCUT2D eigenvalue weighted by Crippen LogP contribution is -2.18. The van der Waals surface area contributed by atoms with Crippen molar-refractivity contribution in [2.24, 2.45) is 0 Å². The molecule has 80 valence electrons. The van der Waals surface area contributed by atoms with Crippen LogP contribution < -0.4 is 4.90 Å². The number of nitro groups is 1. The van der Waals surface area contributed by atoms with Gasteiger partial charge in [0, 0.05) is 28.9 Å². The minimum atomic E-state index is -0.382. The van der Waals surface area contributed by atoms with Crippen LogP contribution in [0.25, 0.3) is 0 Å². The largest absolute Gasteiger partial charge is 0.361 e. The molecule has 2 rings (SSSR count). The van der Waals surface area contributed by atoms with Crippen molar-refractivity contribution >= 4 is 39.1 Å². The first kappa shape index (κ1) is 10.8. The van der Waals surface area contributed by atoms with E-state index in [0.29, 0.717) is 0 Å². The van der Waals surface area contributed by atoms with E-state index in [4.69, 9.17) is 0 Å². The van der Waals surface area contributed by atoms with Gasteiger partial charge in [-0.1, -0.05) is 0 Å². The SMILES string of the molecule is O=[N+]([O-])c1ccc(N2CCSC2)c(Br)c1. The molecular formula is C9H9BrN2O2S. The van der Waals surface area contributed by atoms with Gasteiger partial charge >= 0.3 is 0 Å². The summed E-state index contributed by atoms with van der Waals surface area (Å²) < 4.78 is 0.791. The van der Waals surface area contributed by atoms with Gasteiger partial charge in [-0.3, -0.25) is 10.1 Å². The predicted molar refractivity (Wildman–Crippen MR) is 65.5 cm³/mol. The number of hydrogen-bond donors (Lipinski definition) is 0. The van der Waals surface area contributed by atoms with Gasteiger partial charge in [0.1, 0.15) is 0 Å². The van der Waals surface area contributed by atoms with Gasteiger partial charge in [0.15, 0.2) is 0 Å². The standard InChI is InChI=1S/C9H9BrN2O2S/c10-8-5-7(12(13)14)1-2-9(8)11-3-4-15-6-11/h1-2,5H,3-4,6H2. The second-order valence-electron chi connectivity index (χ2n) is 3.19. The Kier molecular flexibility index (Phi) is 3.16. The smallest absolute Gasteiger partial charge is 0.270 e. The highest BCUT2D eigenvalue weighted by atomic mass is 79.9. The Morgan fingerprint density at radius 3 is 2.87 bits per heavy atom. The molecular weight excluding hydrogens is 280 g/mol. The maximum Gasteiger partial charge on any atom is 0.270 e. The summed E-state index contributed by atoms with van der Waals surface area (Å²) in [6, 6.07) is 4.90. The predicted octanol–water partition coefficient (Wildman–Crippen LogP) is 2.87. The first-order valence-electron chi connectivity index (χ1n) is 4.45. The van der Waals surface area contributed by atoms with Crippen LogP contribution in [0.5, 0.6) is 0 Å². The number of rotatable bonds is 2. The van der Waals surface area contributed by atoms with Crippen molar-refractivity contribution < 1.29 is 4.92 Å². The third-order valence-electron chi connectivity index (χ3n) is 2.24. The molecule has 1 aromatic rings. The number of nitrogens with zero attached hydrogens (tertiary/aromatic N) is 2. The first-order chi connectivity index (χ1) is 7.18. The average Bonchev–Trinajstić information content (AvgIpc) is 2.70. The summed E-state index contributed by atoms with van der Waals surface area (Å²) in [5.41, 5.74) is 1.16. The topological polar surface area (TPSA) is 46.4 Å². The molecule has 0 amide bonds. The van der Waals surface area contributed by atoms with Crippen LogP contribution in [0, 0.1) is 10.1 Å². The van der Waals surface area contributed by atoms with Crippen molar-refractivity contribution in [2.75, 3.05) is 23.1 Å². The van der Waals surface area contributed by atoms with E-state index in [9.17, 15) is 10.1 Å². The van der Waals surface area contributed by atoms with Crippen LogP contribution in [-0.2, 0) is 0 Å². The molecule has 0 aromatic heterocycles. The molecule has 6 heteroatoms. The Hall–Kier alpha value is -0.750. The van der Waals surface area contributed by atoms with E-state index >= 15 is 0 Å². The second-order valence-corrected chi connectivity index (χ2v) is 5.12. The van der Waals surface area contributed by atoms with Crippen LogP contribution in [0.4, 0.5) is 11.4 Å². The Balaban J connectivity index is 2.29. The van der Waals surface area contributed by atoms with Gasteiger partial charge in [-0.15, -0.1) is 11.8 Å². The Bertz CT molecular complexity index is 394. The fourth-order valence-corrected chi connectivity index (χ4v) is 3.05. The van der Waals surface area contributed by atoms with Gasteiger partial charge in [0.2, 0.25) is 0 Å². The average molecular weight is 289 g/mol. The molecule has 1 aliphatic heterocycles. The summed E-state index contributed by atoms with van der Waals surface area (Å²) >= 11 is 5.24. The lowest BCUT2D eigenvalue weighted by atomic mass is 10.2. The van der Waals surface area contributed by atoms with Crippen molar-refractivity contribution in [2.45, 2.75) is 0 Å². The number of hydrogen-bond acceptors (Lipinski definition) is 4. The summed E-state index contributed by atoms with van der Waals surface area (Å²) in [6.07, 6.45) is 0.